The molecule has 0 amide bonds. The van der Waals surface area contributed by atoms with E-state index in [4.69, 9.17) is 9.05 Å². The molecule has 0 aliphatic carbocycles. The summed E-state index contributed by atoms with van der Waals surface area (Å²) in [6, 6.07) is 0. The summed E-state index contributed by atoms with van der Waals surface area (Å²) in [6.07, 6.45) is 11.0. The zero-order valence-electron chi connectivity index (χ0n) is 13.5. The third-order valence-electron chi connectivity index (χ3n) is 2.60. The first kappa shape index (κ1) is 21.3. The molecule has 4 heteroatoms. The molecule has 0 spiro atoms. The first-order valence-corrected chi connectivity index (χ1v) is 9.05. The van der Waals surface area contributed by atoms with E-state index in [0.29, 0.717) is 13.2 Å². The third kappa shape index (κ3) is 23.5. The lowest BCUT2D eigenvalue weighted by Gasteiger charge is -1.90. The predicted molar refractivity (Wildman–Crippen MR) is 83.8 cm³/mol. The van der Waals surface area contributed by atoms with Crippen molar-refractivity contribution < 1.29 is 13.6 Å². The molecule has 0 unspecified atom stereocenters. The van der Waals surface area contributed by atoms with Crippen LogP contribution in [-0.4, -0.2) is 13.2 Å². The number of rotatable bonds is 12. The molecule has 19 heavy (non-hydrogen) atoms. The van der Waals surface area contributed by atoms with Crippen LogP contribution in [0.2, 0.25) is 0 Å². The zero-order chi connectivity index (χ0) is 14.8. The fourth-order valence-corrected chi connectivity index (χ4v) is 1.91. The predicted octanol–water partition coefficient (Wildman–Crippen LogP) is 6.25. The van der Waals surface area contributed by atoms with E-state index in [1.54, 1.807) is 0 Å². The van der Waals surface area contributed by atoms with Gasteiger partial charge in [-0.25, -0.2) is 0 Å². The van der Waals surface area contributed by atoms with Crippen LogP contribution in [0.4, 0.5) is 0 Å². The first-order valence-electron chi connectivity index (χ1n) is 7.95. The van der Waals surface area contributed by atoms with E-state index >= 15 is 0 Å². The van der Waals surface area contributed by atoms with E-state index in [9.17, 15) is 4.57 Å². The molecular formula is C15H34O3P+. The maximum absolute atomic E-state index is 10.9. The fourth-order valence-electron chi connectivity index (χ4n) is 1.28. The average molecular weight is 293 g/mol. The molecule has 0 rings (SSSR count). The quantitative estimate of drug-likeness (QED) is 0.315. The molecular weight excluding hydrogens is 259 g/mol. The van der Waals surface area contributed by atoms with Gasteiger partial charge >= 0.3 is 8.25 Å². The van der Waals surface area contributed by atoms with Crippen molar-refractivity contribution in [1.82, 2.24) is 0 Å². The summed E-state index contributed by atoms with van der Waals surface area (Å²) in [5.41, 5.74) is 0. The minimum Gasteiger partial charge on any atom is -0.119 e. The summed E-state index contributed by atoms with van der Waals surface area (Å²) < 4.78 is 20.7. The van der Waals surface area contributed by atoms with Gasteiger partial charge in [-0.1, -0.05) is 72.6 Å². The zero-order valence-corrected chi connectivity index (χ0v) is 14.3. The molecule has 0 saturated heterocycles. The van der Waals surface area contributed by atoms with E-state index < -0.39 is 8.25 Å². The van der Waals surface area contributed by atoms with E-state index in [-0.39, 0.29) is 0 Å². The summed E-state index contributed by atoms with van der Waals surface area (Å²) in [6.45, 7) is 9.70. The van der Waals surface area contributed by atoms with Gasteiger partial charge in [-0.15, -0.1) is 9.05 Å². The van der Waals surface area contributed by atoms with Crippen LogP contribution in [0.1, 0.15) is 85.5 Å². The highest BCUT2D eigenvalue weighted by Gasteiger charge is 2.18. The van der Waals surface area contributed by atoms with Crippen molar-refractivity contribution in [2.75, 3.05) is 13.2 Å². The van der Waals surface area contributed by atoms with Crippen LogP contribution < -0.4 is 0 Å². The summed E-state index contributed by atoms with van der Waals surface area (Å²) >= 11 is 0. The molecule has 0 saturated carbocycles. The van der Waals surface area contributed by atoms with Gasteiger partial charge in [-0.05, 0) is 12.8 Å². The van der Waals surface area contributed by atoms with Crippen molar-refractivity contribution >= 4 is 8.25 Å². The molecule has 0 heterocycles. The van der Waals surface area contributed by atoms with Gasteiger partial charge in [-0.3, -0.25) is 0 Å². The molecule has 0 aromatic carbocycles. The van der Waals surface area contributed by atoms with Crippen LogP contribution >= 0.6 is 8.25 Å². The van der Waals surface area contributed by atoms with Gasteiger partial charge in [0.2, 0.25) is 0 Å². The maximum atomic E-state index is 10.9. The van der Waals surface area contributed by atoms with Crippen LogP contribution in [0.3, 0.4) is 0 Å². The maximum Gasteiger partial charge on any atom is 0.697 e. The minimum atomic E-state index is -1.85. The van der Waals surface area contributed by atoms with Crippen molar-refractivity contribution in [3.63, 3.8) is 0 Å². The Morgan fingerprint density at radius 3 is 1.32 bits per heavy atom. The highest BCUT2D eigenvalue weighted by atomic mass is 31.1. The summed E-state index contributed by atoms with van der Waals surface area (Å²) in [5, 5.41) is 0. The van der Waals surface area contributed by atoms with E-state index in [2.05, 4.69) is 27.7 Å². The van der Waals surface area contributed by atoms with Crippen molar-refractivity contribution in [3.05, 3.63) is 0 Å². The monoisotopic (exact) mass is 293 g/mol. The Morgan fingerprint density at radius 1 is 0.632 bits per heavy atom. The summed E-state index contributed by atoms with van der Waals surface area (Å²) in [5.74, 6) is 0. The van der Waals surface area contributed by atoms with Crippen LogP contribution in [0.15, 0.2) is 0 Å². The Hall–Kier alpha value is 0.0200. The molecule has 0 aromatic heterocycles. The van der Waals surface area contributed by atoms with Gasteiger partial charge < -0.3 is 0 Å². The molecule has 0 fully saturated rings. The van der Waals surface area contributed by atoms with Crippen molar-refractivity contribution in [3.8, 4) is 0 Å². The molecule has 0 N–H and O–H groups in total. The van der Waals surface area contributed by atoms with Crippen molar-refractivity contribution in [1.29, 1.82) is 0 Å². The molecule has 0 radical (unpaired) electrons. The van der Waals surface area contributed by atoms with Gasteiger partial charge in [0.15, 0.2) is 0 Å². The molecule has 0 aliphatic heterocycles. The lowest BCUT2D eigenvalue weighted by molar-refractivity contribution is 0.221. The van der Waals surface area contributed by atoms with Crippen molar-refractivity contribution in [2.45, 2.75) is 85.5 Å². The van der Waals surface area contributed by atoms with E-state index in [1.165, 1.54) is 32.1 Å². The SMILES string of the molecule is CCCCCCC.CCCCO[P+](=O)OCCCC. The average Bonchev–Trinajstić information content (AvgIpc) is 2.41. The lowest BCUT2D eigenvalue weighted by atomic mass is 10.2. The van der Waals surface area contributed by atoms with Gasteiger partial charge in [0, 0.05) is 4.57 Å². The van der Waals surface area contributed by atoms with Crippen LogP contribution in [0, 0.1) is 0 Å². The van der Waals surface area contributed by atoms with Gasteiger partial charge in [0.1, 0.15) is 13.2 Å². The normalized spacial score (nSPS) is 9.89. The van der Waals surface area contributed by atoms with Crippen molar-refractivity contribution in [2.24, 2.45) is 0 Å². The number of hydrogen-bond donors (Lipinski definition) is 0. The van der Waals surface area contributed by atoms with Crippen LogP contribution in [0.25, 0.3) is 0 Å². The minimum absolute atomic E-state index is 0.540. The van der Waals surface area contributed by atoms with Gasteiger partial charge in [-0.2, -0.15) is 0 Å². The molecule has 0 atom stereocenters. The Labute approximate surface area is 121 Å². The van der Waals surface area contributed by atoms with Crippen LogP contribution in [-0.2, 0) is 13.6 Å². The summed E-state index contributed by atoms with van der Waals surface area (Å²) in [7, 11) is -1.85. The largest absolute Gasteiger partial charge is 0.697 e. The van der Waals surface area contributed by atoms with Gasteiger partial charge in [0.05, 0.1) is 0 Å². The highest BCUT2D eigenvalue weighted by Crippen LogP contribution is 2.24. The number of hydrogen-bond acceptors (Lipinski definition) is 3. The fraction of sp³-hybridized carbons (Fsp3) is 1.00. The second-order valence-electron chi connectivity index (χ2n) is 4.66. The first-order chi connectivity index (χ1) is 9.22. The molecule has 0 bridgehead atoms. The molecule has 3 nitrogen and oxygen atoms in total. The Balaban J connectivity index is 0. The van der Waals surface area contributed by atoms with E-state index in [1.807, 2.05) is 0 Å². The standard InChI is InChI=1S/C8H18O3P.C7H16/c1-3-5-7-10-12(9)11-8-6-4-2;1-3-5-7-6-4-2/h3-8H2,1-2H3;3-7H2,1-2H3/q+1;. The highest BCUT2D eigenvalue weighted by molar-refractivity contribution is 7.33. The molecule has 0 aliphatic rings. The third-order valence-corrected chi connectivity index (χ3v) is 3.38. The topological polar surface area (TPSA) is 35.5 Å². The Morgan fingerprint density at radius 2 is 1.00 bits per heavy atom. The number of unbranched alkanes of at least 4 members (excludes halogenated alkanes) is 6. The second kappa shape index (κ2) is 20.3. The van der Waals surface area contributed by atoms with E-state index in [0.717, 1.165) is 25.7 Å². The van der Waals surface area contributed by atoms with Gasteiger partial charge in [0.25, 0.3) is 0 Å². The Kier molecular flexibility index (Phi) is 22.8. The molecule has 116 valence electrons. The second-order valence-corrected chi connectivity index (χ2v) is 5.62. The molecule has 0 aromatic rings. The smallest absolute Gasteiger partial charge is 0.119 e. The Bertz CT molecular complexity index is 159. The lowest BCUT2D eigenvalue weighted by Crippen LogP contribution is -1.90. The summed E-state index contributed by atoms with van der Waals surface area (Å²) in [4.78, 5) is 0. The van der Waals surface area contributed by atoms with Crippen LogP contribution in [0.5, 0.6) is 0 Å².